The Balaban J connectivity index is 2.11. The third-order valence-corrected chi connectivity index (χ3v) is 2.77. The van der Waals surface area contributed by atoms with Gasteiger partial charge in [0, 0.05) is 0 Å². The first-order valence-electron chi connectivity index (χ1n) is 5.15. The van der Waals surface area contributed by atoms with Gasteiger partial charge in [-0.05, 0) is 32.3 Å². The average molecular weight is 184 g/mol. The molecular weight excluding hydrogens is 168 g/mol. The Hall–Kier alpha value is -1.30. The molecule has 14 heavy (non-hydrogen) atoms. The summed E-state index contributed by atoms with van der Waals surface area (Å²) in [4.78, 5) is 0. The second-order valence-electron chi connectivity index (χ2n) is 4.12. The molecule has 0 amide bonds. The molecule has 1 aliphatic carbocycles. The van der Waals surface area contributed by atoms with Crippen LogP contribution in [-0.4, -0.2) is 0 Å². The van der Waals surface area contributed by atoms with Crippen LogP contribution >= 0.6 is 0 Å². The summed E-state index contributed by atoms with van der Waals surface area (Å²) in [5.41, 5.74) is 5.96. The van der Waals surface area contributed by atoms with Crippen LogP contribution in [0.3, 0.4) is 0 Å². The van der Waals surface area contributed by atoms with Gasteiger partial charge >= 0.3 is 0 Å². The Bertz CT molecular complexity index is 380. The van der Waals surface area contributed by atoms with Gasteiger partial charge in [0.15, 0.2) is 0 Å². The molecule has 0 saturated heterocycles. The highest BCUT2D eigenvalue weighted by molar-refractivity contribution is 5.39. The number of allylic oxidation sites excluding steroid dienone is 4. The van der Waals surface area contributed by atoms with E-state index in [4.69, 9.17) is 0 Å². The van der Waals surface area contributed by atoms with Crippen LogP contribution in [-0.2, 0) is 6.42 Å². The minimum atomic E-state index is 1.11. The molecule has 72 valence electrons. The predicted octanol–water partition coefficient (Wildman–Crippen LogP) is 3.90. The first-order chi connectivity index (χ1) is 6.75. The van der Waals surface area contributed by atoms with Crippen molar-refractivity contribution in [3.05, 3.63) is 58.7 Å². The highest BCUT2D eigenvalue weighted by Gasteiger charge is 2.09. The lowest BCUT2D eigenvalue weighted by atomic mass is 10.0. The van der Waals surface area contributed by atoms with Crippen molar-refractivity contribution in [2.24, 2.45) is 0 Å². The predicted molar refractivity (Wildman–Crippen MR) is 61.2 cm³/mol. The summed E-state index contributed by atoms with van der Waals surface area (Å²) in [5.74, 6) is 0. The summed E-state index contributed by atoms with van der Waals surface area (Å²) in [6.45, 7) is 4.43. The van der Waals surface area contributed by atoms with E-state index in [-0.39, 0.29) is 0 Å². The summed E-state index contributed by atoms with van der Waals surface area (Å²) in [6.07, 6.45) is 4.58. The number of hydrogen-bond acceptors (Lipinski definition) is 0. The van der Waals surface area contributed by atoms with Crippen LogP contribution in [0.15, 0.2) is 53.1 Å². The zero-order valence-corrected chi connectivity index (χ0v) is 8.88. The smallest absolute Gasteiger partial charge is 0.00582 e. The first-order valence-corrected chi connectivity index (χ1v) is 5.15. The van der Waals surface area contributed by atoms with E-state index in [9.17, 15) is 0 Å². The van der Waals surface area contributed by atoms with Gasteiger partial charge in [-0.3, -0.25) is 0 Å². The number of rotatable bonds is 2. The Morgan fingerprint density at radius 1 is 1.07 bits per heavy atom. The van der Waals surface area contributed by atoms with Crippen LogP contribution in [0.25, 0.3) is 0 Å². The fourth-order valence-corrected chi connectivity index (χ4v) is 2.04. The van der Waals surface area contributed by atoms with E-state index in [0.29, 0.717) is 0 Å². The highest BCUT2D eigenvalue weighted by atomic mass is 14.1. The van der Waals surface area contributed by atoms with Crippen LogP contribution in [0.2, 0.25) is 0 Å². The molecule has 0 fully saturated rings. The van der Waals surface area contributed by atoms with Gasteiger partial charge in [-0.1, -0.05) is 53.1 Å². The minimum Gasteiger partial charge on any atom is -0.0690 e. The van der Waals surface area contributed by atoms with Crippen molar-refractivity contribution in [1.82, 2.24) is 0 Å². The molecule has 0 heterocycles. The largest absolute Gasteiger partial charge is 0.0690 e. The summed E-state index contributed by atoms with van der Waals surface area (Å²) in [6, 6.07) is 10.7. The molecule has 0 nitrogen and oxygen atoms in total. The van der Waals surface area contributed by atoms with E-state index in [1.165, 1.54) is 23.1 Å². The SMILES string of the molecule is CC1=CC(C)=C(Cc2ccccc2)C1. The monoisotopic (exact) mass is 184 g/mol. The maximum Gasteiger partial charge on any atom is -0.00582 e. The Morgan fingerprint density at radius 2 is 1.79 bits per heavy atom. The van der Waals surface area contributed by atoms with Crippen molar-refractivity contribution in [3.8, 4) is 0 Å². The zero-order chi connectivity index (χ0) is 9.97. The maximum atomic E-state index is 2.30. The second kappa shape index (κ2) is 3.83. The Labute approximate surface area is 86.0 Å². The van der Waals surface area contributed by atoms with Crippen molar-refractivity contribution in [2.45, 2.75) is 26.7 Å². The number of hydrogen-bond donors (Lipinski definition) is 0. The quantitative estimate of drug-likeness (QED) is 0.654. The zero-order valence-electron chi connectivity index (χ0n) is 8.88. The molecule has 0 unspecified atom stereocenters. The van der Waals surface area contributed by atoms with Crippen molar-refractivity contribution < 1.29 is 0 Å². The lowest BCUT2D eigenvalue weighted by Crippen LogP contribution is -1.89. The van der Waals surface area contributed by atoms with Gasteiger partial charge in [0.05, 0.1) is 0 Å². The molecule has 1 aliphatic rings. The standard InChI is InChI=1S/C14H16/c1-11-8-12(2)14(9-11)10-13-6-4-3-5-7-13/h3-8H,9-10H2,1-2H3. The lowest BCUT2D eigenvalue weighted by molar-refractivity contribution is 1.03. The Morgan fingerprint density at radius 3 is 2.36 bits per heavy atom. The third-order valence-electron chi connectivity index (χ3n) is 2.77. The van der Waals surface area contributed by atoms with Gasteiger partial charge < -0.3 is 0 Å². The molecule has 0 aliphatic heterocycles. The van der Waals surface area contributed by atoms with Crippen molar-refractivity contribution in [3.63, 3.8) is 0 Å². The van der Waals surface area contributed by atoms with Gasteiger partial charge in [0.2, 0.25) is 0 Å². The van der Waals surface area contributed by atoms with Gasteiger partial charge in [0.1, 0.15) is 0 Å². The summed E-state index contributed by atoms with van der Waals surface area (Å²) in [7, 11) is 0. The second-order valence-corrected chi connectivity index (χ2v) is 4.12. The van der Waals surface area contributed by atoms with Crippen LogP contribution < -0.4 is 0 Å². The summed E-state index contributed by atoms with van der Waals surface area (Å²) >= 11 is 0. The maximum absolute atomic E-state index is 2.30. The van der Waals surface area contributed by atoms with E-state index < -0.39 is 0 Å². The van der Waals surface area contributed by atoms with Crippen LogP contribution in [0, 0.1) is 0 Å². The normalized spacial score (nSPS) is 16.0. The average Bonchev–Trinajstić information content (AvgIpc) is 2.47. The molecule has 1 aromatic carbocycles. The van der Waals surface area contributed by atoms with Crippen LogP contribution in [0.4, 0.5) is 0 Å². The molecule has 1 aromatic rings. The molecule has 0 N–H and O–H groups in total. The summed E-state index contributed by atoms with van der Waals surface area (Å²) in [5, 5.41) is 0. The Kier molecular flexibility index (Phi) is 2.53. The van der Waals surface area contributed by atoms with Crippen molar-refractivity contribution >= 4 is 0 Å². The molecule has 0 atom stereocenters. The van der Waals surface area contributed by atoms with E-state index in [2.05, 4.69) is 50.3 Å². The van der Waals surface area contributed by atoms with Crippen LogP contribution in [0.5, 0.6) is 0 Å². The molecule has 0 saturated carbocycles. The van der Waals surface area contributed by atoms with Gasteiger partial charge in [-0.25, -0.2) is 0 Å². The van der Waals surface area contributed by atoms with Crippen molar-refractivity contribution in [1.29, 1.82) is 0 Å². The lowest BCUT2D eigenvalue weighted by Gasteiger charge is -2.04. The highest BCUT2D eigenvalue weighted by Crippen LogP contribution is 2.27. The molecule has 2 rings (SSSR count). The van der Waals surface area contributed by atoms with E-state index in [1.807, 2.05) is 0 Å². The number of benzene rings is 1. The molecular formula is C14H16. The molecule has 0 radical (unpaired) electrons. The minimum absolute atomic E-state index is 1.11. The summed E-state index contributed by atoms with van der Waals surface area (Å²) < 4.78 is 0. The molecule has 0 spiro atoms. The van der Waals surface area contributed by atoms with Gasteiger partial charge in [-0.15, -0.1) is 0 Å². The van der Waals surface area contributed by atoms with Gasteiger partial charge in [-0.2, -0.15) is 0 Å². The van der Waals surface area contributed by atoms with E-state index in [1.54, 1.807) is 5.57 Å². The van der Waals surface area contributed by atoms with Gasteiger partial charge in [0.25, 0.3) is 0 Å². The molecule has 0 aromatic heterocycles. The van der Waals surface area contributed by atoms with E-state index >= 15 is 0 Å². The third kappa shape index (κ3) is 1.95. The van der Waals surface area contributed by atoms with Crippen molar-refractivity contribution in [2.75, 3.05) is 0 Å². The fourth-order valence-electron chi connectivity index (χ4n) is 2.04. The first kappa shape index (κ1) is 9.26. The van der Waals surface area contributed by atoms with Crippen LogP contribution in [0.1, 0.15) is 25.8 Å². The molecule has 0 heteroatoms. The molecule has 0 bridgehead atoms. The van der Waals surface area contributed by atoms with E-state index in [0.717, 1.165) is 6.42 Å². The fraction of sp³-hybridized carbons (Fsp3) is 0.286. The topological polar surface area (TPSA) is 0 Å².